The normalized spacial score (nSPS) is 11.6. The van der Waals surface area contributed by atoms with E-state index in [-0.39, 0.29) is 34.7 Å². The molecule has 0 aliphatic carbocycles. The van der Waals surface area contributed by atoms with E-state index >= 15 is 0 Å². The van der Waals surface area contributed by atoms with Gasteiger partial charge in [-0.05, 0) is 35.7 Å². The Bertz CT molecular complexity index is 435. The Balaban J connectivity index is 3.12. The summed E-state index contributed by atoms with van der Waals surface area (Å²) in [7, 11) is 0. The van der Waals surface area contributed by atoms with Crippen LogP contribution >= 0.6 is 35.1 Å². The monoisotopic (exact) mass is 314 g/mol. The lowest BCUT2D eigenvalue weighted by Crippen LogP contribution is -2.08. The highest BCUT2D eigenvalue weighted by Crippen LogP contribution is 2.40. The van der Waals surface area contributed by atoms with Crippen LogP contribution < -0.4 is 0 Å². The third-order valence-electron chi connectivity index (χ3n) is 2.06. The molecule has 1 nitrogen and oxygen atoms in total. The molecule has 0 aliphatic rings. The molecule has 1 aromatic rings. The molecule has 0 saturated carbocycles. The molecule has 100 valence electrons. The van der Waals surface area contributed by atoms with Crippen molar-refractivity contribution in [1.82, 2.24) is 0 Å². The van der Waals surface area contributed by atoms with Crippen molar-refractivity contribution in [3.63, 3.8) is 0 Å². The number of halogens is 4. The summed E-state index contributed by atoms with van der Waals surface area (Å²) in [5.41, 5.74) is -3.96. The van der Waals surface area contributed by atoms with E-state index in [0.29, 0.717) is 10.5 Å². The van der Waals surface area contributed by atoms with Crippen molar-refractivity contribution in [2.24, 2.45) is 0 Å². The molecule has 18 heavy (non-hydrogen) atoms. The lowest BCUT2D eigenvalue weighted by Gasteiger charge is -2.13. The Labute approximate surface area is 116 Å². The maximum Gasteiger partial charge on any atom is 0.446 e. The molecule has 0 saturated heterocycles. The molecule has 1 rings (SSSR count). The topological polar surface area (TPSA) is 17.1 Å². The summed E-state index contributed by atoms with van der Waals surface area (Å²) >= 11 is 6.51. The minimum Gasteiger partial charge on any atom is -0.298 e. The SMILES string of the molecule is CSc1cccc(SC(F)(F)F)c1CC(=O)CCl. The van der Waals surface area contributed by atoms with Crippen LogP contribution in [-0.4, -0.2) is 23.4 Å². The molecule has 0 radical (unpaired) electrons. The van der Waals surface area contributed by atoms with Gasteiger partial charge in [0.05, 0.1) is 5.88 Å². The fraction of sp³-hybridized carbons (Fsp3) is 0.364. The van der Waals surface area contributed by atoms with E-state index in [1.807, 2.05) is 0 Å². The Kier molecular flexibility index (Phi) is 5.88. The first kappa shape index (κ1) is 15.7. The first-order valence-electron chi connectivity index (χ1n) is 4.86. The summed E-state index contributed by atoms with van der Waals surface area (Å²) in [4.78, 5) is 12.1. The molecule has 0 bridgehead atoms. The molecule has 7 heteroatoms. The quantitative estimate of drug-likeness (QED) is 0.593. The predicted molar refractivity (Wildman–Crippen MR) is 69.6 cm³/mol. The molecule has 0 N–H and O–H groups in total. The predicted octanol–water partition coefficient (Wildman–Crippen LogP) is 4.37. The van der Waals surface area contributed by atoms with Gasteiger partial charge in [0.2, 0.25) is 0 Å². The Morgan fingerprint density at radius 2 is 1.94 bits per heavy atom. The Morgan fingerprint density at radius 3 is 2.44 bits per heavy atom. The minimum absolute atomic E-state index is 0.0628. The minimum atomic E-state index is -4.37. The van der Waals surface area contributed by atoms with Crippen molar-refractivity contribution < 1.29 is 18.0 Å². The Hall–Kier alpha value is -0.330. The number of hydrogen-bond donors (Lipinski definition) is 0. The highest BCUT2D eigenvalue weighted by molar-refractivity contribution is 8.00. The van der Waals surface area contributed by atoms with Gasteiger partial charge in [0, 0.05) is 16.2 Å². The van der Waals surface area contributed by atoms with E-state index in [1.165, 1.54) is 17.8 Å². The van der Waals surface area contributed by atoms with E-state index in [9.17, 15) is 18.0 Å². The number of alkyl halides is 4. The molecule has 0 heterocycles. The largest absolute Gasteiger partial charge is 0.446 e. The van der Waals surface area contributed by atoms with Crippen molar-refractivity contribution in [1.29, 1.82) is 0 Å². The van der Waals surface area contributed by atoms with Gasteiger partial charge in [0.25, 0.3) is 0 Å². The van der Waals surface area contributed by atoms with Gasteiger partial charge in [0.15, 0.2) is 5.78 Å². The van der Waals surface area contributed by atoms with Gasteiger partial charge in [-0.1, -0.05) is 6.07 Å². The third kappa shape index (κ3) is 4.74. The summed E-state index contributed by atoms with van der Waals surface area (Å²) in [5, 5.41) is 0. The van der Waals surface area contributed by atoms with Crippen LogP contribution in [-0.2, 0) is 11.2 Å². The number of benzene rings is 1. The number of carbonyl (C=O) groups excluding carboxylic acids is 1. The van der Waals surface area contributed by atoms with E-state index in [2.05, 4.69) is 0 Å². The van der Waals surface area contributed by atoms with Crippen LogP contribution in [0, 0.1) is 0 Å². The molecule has 0 atom stereocenters. The second-order valence-electron chi connectivity index (χ2n) is 3.33. The van der Waals surface area contributed by atoms with Gasteiger partial charge < -0.3 is 0 Å². The van der Waals surface area contributed by atoms with E-state index in [1.54, 1.807) is 18.4 Å². The summed E-state index contributed by atoms with van der Waals surface area (Å²) in [5.74, 6) is -0.485. The van der Waals surface area contributed by atoms with E-state index in [0.717, 1.165) is 0 Å². The highest BCUT2D eigenvalue weighted by Gasteiger charge is 2.31. The summed E-state index contributed by atoms with van der Waals surface area (Å²) in [6.45, 7) is 0. The van der Waals surface area contributed by atoms with Gasteiger partial charge in [0.1, 0.15) is 0 Å². The van der Waals surface area contributed by atoms with Crippen LogP contribution in [0.1, 0.15) is 5.56 Å². The van der Waals surface area contributed by atoms with Gasteiger partial charge in [-0.15, -0.1) is 23.4 Å². The van der Waals surface area contributed by atoms with Gasteiger partial charge in [-0.3, -0.25) is 4.79 Å². The fourth-order valence-corrected chi connectivity index (χ4v) is 2.88. The van der Waals surface area contributed by atoms with Crippen molar-refractivity contribution in [3.8, 4) is 0 Å². The zero-order valence-corrected chi connectivity index (χ0v) is 11.8. The first-order valence-corrected chi connectivity index (χ1v) is 7.44. The van der Waals surface area contributed by atoms with Gasteiger partial charge in [-0.25, -0.2) is 0 Å². The molecule has 0 aromatic heterocycles. The van der Waals surface area contributed by atoms with E-state index < -0.39 is 5.51 Å². The summed E-state index contributed by atoms with van der Waals surface area (Å²) in [6.07, 6.45) is 1.69. The van der Waals surface area contributed by atoms with Crippen LogP contribution in [0.15, 0.2) is 28.0 Å². The summed E-state index contributed by atoms with van der Waals surface area (Å²) < 4.78 is 37.3. The van der Waals surface area contributed by atoms with Crippen LogP contribution in [0.25, 0.3) is 0 Å². The van der Waals surface area contributed by atoms with Crippen LogP contribution in [0.3, 0.4) is 0 Å². The fourth-order valence-electron chi connectivity index (χ4n) is 1.38. The van der Waals surface area contributed by atoms with Crippen molar-refractivity contribution in [2.75, 3.05) is 12.1 Å². The number of Topliss-reactive ketones (excluding diaryl/α,β-unsaturated/α-hetero) is 1. The first-order chi connectivity index (χ1) is 8.37. The average Bonchev–Trinajstić information content (AvgIpc) is 2.29. The maximum atomic E-state index is 12.4. The maximum absolute atomic E-state index is 12.4. The van der Waals surface area contributed by atoms with Crippen molar-refractivity contribution >= 4 is 40.9 Å². The van der Waals surface area contributed by atoms with Crippen molar-refractivity contribution in [2.45, 2.75) is 21.7 Å². The van der Waals surface area contributed by atoms with Crippen LogP contribution in [0.2, 0.25) is 0 Å². The number of hydrogen-bond acceptors (Lipinski definition) is 3. The highest BCUT2D eigenvalue weighted by atomic mass is 35.5. The molecular formula is C11H10ClF3OS2. The molecule has 0 amide bonds. The molecule has 1 aromatic carbocycles. The van der Waals surface area contributed by atoms with Crippen molar-refractivity contribution in [3.05, 3.63) is 23.8 Å². The molecular weight excluding hydrogens is 305 g/mol. The standard InChI is InChI=1S/C11H10ClF3OS2/c1-17-9-3-2-4-10(18-11(13,14)15)8(9)5-7(16)6-12/h2-4H,5-6H2,1H3. The Morgan fingerprint density at radius 1 is 1.33 bits per heavy atom. The summed E-state index contributed by atoms with van der Waals surface area (Å²) in [6, 6.07) is 4.62. The third-order valence-corrected chi connectivity index (χ3v) is 4.01. The lowest BCUT2D eigenvalue weighted by atomic mass is 10.1. The second kappa shape index (κ2) is 6.73. The number of rotatable bonds is 5. The molecule has 0 spiro atoms. The smallest absolute Gasteiger partial charge is 0.298 e. The molecule has 0 fully saturated rings. The molecule has 0 aliphatic heterocycles. The number of ketones is 1. The second-order valence-corrected chi connectivity index (χ2v) is 5.56. The van der Waals surface area contributed by atoms with Crippen LogP contribution in [0.5, 0.6) is 0 Å². The molecule has 0 unspecified atom stereocenters. The number of carbonyl (C=O) groups is 1. The zero-order chi connectivity index (χ0) is 13.8. The van der Waals surface area contributed by atoms with Gasteiger partial charge >= 0.3 is 5.51 Å². The lowest BCUT2D eigenvalue weighted by molar-refractivity contribution is -0.116. The van der Waals surface area contributed by atoms with E-state index in [4.69, 9.17) is 11.6 Å². The van der Waals surface area contributed by atoms with Crippen LogP contribution in [0.4, 0.5) is 13.2 Å². The average molecular weight is 315 g/mol. The zero-order valence-electron chi connectivity index (χ0n) is 9.38. The van der Waals surface area contributed by atoms with Gasteiger partial charge in [-0.2, -0.15) is 13.2 Å². The number of thioether (sulfide) groups is 2.